The molecule has 0 saturated heterocycles. The van der Waals surface area contributed by atoms with Crippen LogP contribution in [0.5, 0.6) is 0 Å². The summed E-state index contributed by atoms with van der Waals surface area (Å²) in [6.45, 7) is 0. The van der Waals surface area contributed by atoms with E-state index < -0.39 is 0 Å². The van der Waals surface area contributed by atoms with Gasteiger partial charge in [-0.25, -0.2) is 19.6 Å². The zero-order chi connectivity index (χ0) is 17.1. The second-order valence-electron chi connectivity index (χ2n) is 4.16. The molecule has 1 rings (SSSR count). The molecule has 1 aromatic heterocycles. The number of thiophene rings is 1. The van der Waals surface area contributed by atoms with Gasteiger partial charge in [0.15, 0.2) is 0 Å². The molecule has 0 radical (unpaired) electrons. The molecular formula is C12H16Cl2FeN4O2S. The topological polar surface area (TPSA) is 65.3 Å². The molecule has 0 saturated carbocycles. The Bertz CT molecular complexity index is 502. The predicted octanol–water partition coefficient (Wildman–Crippen LogP) is 3.33. The Morgan fingerprint density at radius 2 is 1.32 bits per heavy atom. The monoisotopic (exact) mass is 406 g/mol. The summed E-state index contributed by atoms with van der Waals surface area (Å²) in [5, 5.41) is 0. The van der Waals surface area contributed by atoms with Crippen LogP contribution >= 0.6 is 31.5 Å². The quantitative estimate of drug-likeness (QED) is 0.558. The van der Waals surface area contributed by atoms with Crippen molar-refractivity contribution in [2.45, 2.75) is 0 Å². The fourth-order valence-electron chi connectivity index (χ4n) is 0.976. The van der Waals surface area contributed by atoms with Crippen molar-refractivity contribution in [2.24, 2.45) is 9.98 Å². The normalized spacial score (nSPS) is 10.6. The first kappa shape index (κ1) is 21.1. The van der Waals surface area contributed by atoms with Crippen LogP contribution in [-0.4, -0.2) is 62.5 Å². The number of amides is 4. The van der Waals surface area contributed by atoms with Crippen LogP contribution in [-0.2, 0) is 13.1 Å². The molecule has 0 spiro atoms. The van der Waals surface area contributed by atoms with Crippen LogP contribution in [0.25, 0.3) is 0 Å². The first-order chi connectivity index (χ1) is 10.3. The third-order valence-corrected chi connectivity index (χ3v) is 2.97. The van der Waals surface area contributed by atoms with E-state index in [0.29, 0.717) is 0 Å². The number of rotatable bonds is 2. The van der Waals surface area contributed by atoms with Gasteiger partial charge in [0.2, 0.25) is 0 Å². The standard InChI is InChI=1S/C12H16N4O2S.2ClH.Fe/c1-15(2)11(17)13-7-9-5-6-10(19-9)8-14-12(18)16(3)4;;;/h5-8H,1-4H3;2*1H;/q;;;+2/p-2/b13-7+,14-8+;;;. The van der Waals surface area contributed by atoms with Crippen molar-refractivity contribution >= 4 is 56.0 Å². The van der Waals surface area contributed by atoms with E-state index >= 15 is 0 Å². The summed E-state index contributed by atoms with van der Waals surface area (Å²) in [4.78, 5) is 34.5. The summed E-state index contributed by atoms with van der Waals surface area (Å²) in [5.74, 6) is 0. The number of halogens is 2. The van der Waals surface area contributed by atoms with Crippen molar-refractivity contribution in [1.82, 2.24) is 9.80 Å². The average molecular weight is 407 g/mol. The van der Waals surface area contributed by atoms with Crippen LogP contribution in [0.1, 0.15) is 9.75 Å². The van der Waals surface area contributed by atoms with Crippen LogP contribution in [0.2, 0.25) is 0 Å². The molecule has 0 N–H and O–H groups in total. The molecule has 0 bridgehead atoms. The maximum absolute atomic E-state index is 11.3. The first-order valence-electron chi connectivity index (χ1n) is 5.77. The van der Waals surface area contributed by atoms with Gasteiger partial charge in [-0.05, 0) is 12.1 Å². The zero-order valence-corrected chi connectivity index (χ0v) is 15.9. The molecule has 1 aromatic rings. The minimum atomic E-state index is -0.314. The van der Waals surface area contributed by atoms with Gasteiger partial charge in [-0.3, -0.25) is 0 Å². The molecule has 0 aliphatic carbocycles. The summed E-state index contributed by atoms with van der Waals surface area (Å²) < 4.78 is 0. The van der Waals surface area contributed by atoms with Crippen LogP contribution in [0.15, 0.2) is 22.1 Å². The predicted molar refractivity (Wildman–Crippen MR) is 89.4 cm³/mol. The number of urea groups is 2. The fraction of sp³-hybridized carbons (Fsp3) is 0.333. The molecule has 124 valence electrons. The van der Waals surface area contributed by atoms with Crippen LogP contribution in [0.3, 0.4) is 0 Å². The van der Waals surface area contributed by atoms with E-state index in [9.17, 15) is 9.59 Å². The number of carbonyl (C=O) groups is 2. The number of nitrogens with zero attached hydrogens (tertiary/aromatic N) is 4. The van der Waals surface area contributed by atoms with Gasteiger partial charge in [0.1, 0.15) is 0 Å². The summed E-state index contributed by atoms with van der Waals surface area (Å²) in [7, 11) is 16.1. The van der Waals surface area contributed by atoms with Crippen molar-refractivity contribution < 1.29 is 22.7 Å². The molecule has 4 amide bonds. The fourth-order valence-corrected chi connectivity index (χ4v) is 1.73. The van der Waals surface area contributed by atoms with Crippen LogP contribution < -0.4 is 0 Å². The van der Waals surface area contributed by atoms with Crippen molar-refractivity contribution in [3.05, 3.63) is 21.9 Å². The molecule has 0 aliphatic heterocycles. The van der Waals surface area contributed by atoms with E-state index in [1.807, 2.05) is 12.1 Å². The van der Waals surface area contributed by atoms with Crippen molar-refractivity contribution in [3.8, 4) is 0 Å². The second kappa shape index (κ2) is 11.6. The van der Waals surface area contributed by atoms with Gasteiger partial charge in [0.25, 0.3) is 0 Å². The molecule has 6 nitrogen and oxygen atoms in total. The third kappa shape index (κ3) is 9.17. The Hall–Kier alpha value is -0.921. The van der Waals surface area contributed by atoms with Crippen molar-refractivity contribution in [3.63, 3.8) is 0 Å². The van der Waals surface area contributed by atoms with E-state index in [0.717, 1.165) is 9.75 Å². The Labute approximate surface area is 148 Å². The Morgan fingerprint density at radius 1 is 1.00 bits per heavy atom. The van der Waals surface area contributed by atoms with Gasteiger partial charge in [0.05, 0.1) is 0 Å². The van der Waals surface area contributed by atoms with Crippen LogP contribution in [0.4, 0.5) is 9.59 Å². The minimum absolute atomic E-state index is 0.194. The molecule has 10 heteroatoms. The second-order valence-corrected chi connectivity index (χ2v) is 7.13. The number of hydrogen-bond donors (Lipinski definition) is 0. The number of aliphatic imine (C=N–C) groups is 2. The Balaban J connectivity index is 0.00000135. The van der Waals surface area contributed by atoms with E-state index in [4.69, 9.17) is 20.2 Å². The van der Waals surface area contributed by atoms with E-state index in [1.165, 1.54) is 33.6 Å². The molecule has 0 fully saturated rings. The van der Waals surface area contributed by atoms with Crippen molar-refractivity contribution in [2.75, 3.05) is 28.2 Å². The number of carbonyl (C=O) groups excluding carboxylic acids is 2. The van der Waals surface area contributed by atoms with Gasteiger partial charge in [0, 0.05) is 50.4 Å². The van der Waals surface area contributed by atoms with Gasteiger partial charge in [-0.2, -0.15) is 0 Å². The average Bonchev–Trinajstić information content (AvgIpc) is 2.90. The van der Waals surface area contributed by atoms with Gasteiger partial charge >= 0.3 is 45.4 Å². The third-order valence-electron chi connectivity index (χ3n) is 2.02. The Morgan fingerprint density at radius 3 is 1.59 bits per heavy atom. The van der Waals surface area contributed by atoms with Crippen molar-refractivity contribution in [1.29, 1.82) is 0 Å². The molecular weight excluding hydrogens is 391 g/mol. The van der Waals surface area contributed by atoms with Crippen LogP contribution in [0, 0.1) is 0 Å². The molecule has 1 heterocycles. The van der Waals surface area contributed by atoms with Gasteiger partial charge in [-0.15, -0.1) is 11.3 Å². The molecule has 0 aliphatic rings. The molecule has 0 aromatic carbocycles. The van der Waals surface area contributed by atoms with E-state index in [-0.39, 0.29) is 25.2 Å². The summed E-state index contributed by atoms with van der Waals surface area (Å²) in [5.41, 5.74) is 0. The molecule has 22 heavy (non-hydrogen) atoms. The van der Waals surface area contributed by atoms with E-state index in [2.05, 4.69) is 9.98 Å². The van der Waals surface area contributed by atoms with Gasteiger partial charge in [-0.1, -0.05) is 0 Å². The first-order valence-corrected chi connectivity index (χ1v) is 9.63. The molecule has 0 unspecified atom stereocenters. The summed E-state index contributed by atoms with van der Waals surface area (Å²) in [6, 6.07) is 3.01. The summed E-state index contributed by atoms with van der Waals surface area (Å²) in [6.07, 6.45) is 3.00. The SMILES string of the molecule is CN(C)C(=O)/N=C/c1ccc(/C=N/C(=O)N(C)C)s1.[Cl][Fe][Cl]. The Kier molecular flexibility index (Phi) is 11.1. The van der Waals surface area contributed by atoms with E-state index in [1.54, 1.807) is 28.2 Å². The number of hydrogen-bond acceptors (Lipinski definition) is 3. The zero-order valence-electron chi connectivity index (χ0n) is 12.4. The summed E-state index contributed by atoms with van der Waals surface area (Å²) >= 11 is 1.59. The van der Waals surface area contributed by atoms with Gasteiger partial charge < -0.3 is 9.80 Å². The molecule has 0 atom stereocenters. The maximum atomic E-state index is 11.3.